The zero-order valence-corrected chi connectivity index (χ0v) is 18.2. The van der Waals surface area contributed by atoms with Crippen molar-refractivity contribution in [1.82, 2.24) is 0 Å². The first kappa shape index (κ1) is 20.9. The molecule has 152 valence electrons. The Labute approximate surface area is 168 Å². The van der Waals surface area contributed by atoms with E-state index >= 15 is 0 Å². The fourth-order valence-electron chi connectivity index (χ4n) is 6.29. The van der Waals surface area contributed by atoms with Gasteiger partial charge in [-0.15, -0.1) is 0 Å². The largest absolute Gasteiger partial charge is 0.393 e. The second kappa shape index (κ2) is 9.12. The summed E-state index contributed by atoms with van der Waals surface area (Å²) >= 11 is 0. The Morgan fingerprint density at radius 1 is 1.07 bits per heavy atom. The first-order valence-corrected chi connectivity index (χ1v) is 11.6. The van der Waals surface area contributed by atoms with Gasteiger partial charge in [0.25, 0.3) is 0 Å². The molecule has 0 bridgehead atoms. The highest BCUT2D eigenvalue weighted by Crippen LogP contribution is 2.59. The van der Waals surface area contributed by atoms with Gasteiger partial charge in [-0.1, -0.05) is 63.1 Å². The molecule has 3 saturated carbocycles. The predicted octanol–water partition coefficient (Wildman–Crippen LogP) is 7.23. The van der Waals surface area contributed by atoms with E-state index in [1.807, 2.05) is 0 Å². The highest BCUT2D eigenvalue weighted by atomic mass is 16.3. The van der Waals surface area contributed by atoms with Gasteiger partial charge < -0.3 is 5.11 Å². The van der Waals surface area contributed by atoms with Crippen molar-refractivity contribution in [2.45, 2.75) is 98.0 Å². The second-order valence-corrected chi connectivity index (χ2v) is 10.3. The van der Waals surface area contributed by atoms with Crippen LogP contribution in [0.15, 0.2) is 35.5 Å². The van der Waals surface area contributed by atoms with E-state index in [4.69, 9.17) is 0 Å². The molecule has 2 unspecified atom stereocenters. The molecule has 0 radical (unpaired) electrons. The van der Waals surface area contributed by atoms with Crippen molar-refractivity contribution in [3.8, 4) is 0 Å². The SMILES string of the molecule is CC(C)C/C=C/[C@H](C)C1CCC2/C(=C/C=C3\CCC[C@@H](O)C3)CCC[C@@]21C. The van der Waals surface area contributed by atoms with Crippen LogP contribution in [0.2, 0.25) is 0 Å². The fourth-order valence-corrected chi connectivity index (χ4v) is 6.29. The molecular weight excluding hydrogens is 328 g/mol. The first-order valence-electron chi connectivity index (χ1n) is 11.6. The minimum Gasteiger partial charge on any atom is -0.393 e. The van der Waals surface area contributed by atoms with E-state index in [9.17, 15) is 5.11 Å². The second-order valence-electron chi connectivity index (χ2n) is 10.3. The molecule has 3 aliphatic carbocycles. The van der Waals surface area contributed by atoms with E-state index < -0.39 is 0 Å². The van der Waals surface area contributed by atoms with Gasteiger partial charge in [-0.2, -0.15) is 0 Å². The molecular formula is C26H42O. The smallest absolute Gasteiger partial charge is 0.0577 e. The molecule has 0 aromatic carbocycles. The molecule has 0 saturated heterocycles. The van der Waals surface area contributed by atoms with Crippen molar-refractivity contribution >= 4 is 0 Å². The predicted molar refractivity (Wildman–Crippen MR) is 117 cm³/mol. The maximum absolute atomic E-state index is 9.94. The van der Waals surface area contributed by atoms with Gasteiger partial charge in [0.15, 0.2) is 0 Å². The molecule has 0 heterocycles. The lowest BCUT2D eigenvalue weighted by Gasteiger charge is -2.44. The number of rotatable bonds is 5. The van der Waals surface area contributed by atoms with E-state index in [1.54, 1.807) is 5.57 Å². The van der Waals surface area contributed by atoms with E-state index in [-0.39, 0.29) is 6.10 Å². The van der Waals surface area contributed by atoms with Gasteiger partial charge in [0.05, 0.1) is 6.10 Å². The van der Waals surface area contributed by atoms with Crippen LogP contribution < -0.4 is 0 Å². The van der Waals surface area contributed by atoms with Crippen LogP contribution >= 0.6 is 0 Å². The molecule has 1 N–H and O–H groups in total. The van der Waals surface area contributed by atoms with E-state index in [0.29, 0.717) is 11.3 Å². The lowest BCUT2D eigenvalue weighted by Crippen LogP contribution is -2.35. The third-order valence-electron chi connectivity index (χ3n) is 7.79. The van der Waals surface area contributed by atoms with Crippen molar-refractivity contribution in [3.63, 3.8) is 0 Å². The van der Waals surface area contributed by atoms with Crippen molar-refractivity contribution < 1.29 is 5.11 Å². The molecule has 27 heavy (non-hydrogen) atoms. The number of aliphatic hydroxyl groups excluding tert-OH is 1. The minimum atomic E-state index is -0.102. The van der Waals surface area contributed by atoms with E-state index in [1.165, 1.54) is 50.5 Å². The summed E-state index contributed by atoms with van der Waals surface area (Å²) in [6, 6.07) is 0. The summed E-state index contributed by atoms with van der Waals surface area (Å²) in [7, 11) is 0. The lowest BCUT2D eigenvalue weighted by molar-refractivity contribution is 0.112. The monoisotopic (exact) mass is 370 g/mol. The average molecular weight is 371 g/mol. The number of hydrogen-bond acceptors (Lipinski definition) is 1. The van der Waals surface area contributed by atoms with Crippen LogP contribution in [0.3, 0.4) is 0 Å². The summed E-state index contributed by atoms with van der Waals surface area (Å²) in [5.74, 6) is 3.07. The standard InChI is InChI=1S/C26H42O/c1-19(2)8-5-9-20(3)24-15-16-25-22(11-7-17-26(24,25)4)14-13-21-10-6-12-23(27)18-21/h5,9,13-14,19-20,23-25,27H,6-8,10-12,15-18H2,1-4H3/b9-5+,21-13+,22-14+/t20-,23+,24?,25?,26+/m0/s1. The van der Waals surface area contributed by atoms with Gasteiger partial charge in [-0.3, -0.25) is 0 Å². The van der Waals surface area contributed by atoms with Crippen LogP contribution in [-0.2, 0) is 0 Å². The molecule has 1 heteroatoms. The highest BCUT2D eigenvalue weighted by Gasteiger charge is 2.50. The normalized spacial score (nSPS) is 38.8. The Morgan fingerprint density at radius 3 is 2.63 bits per heavy atom. The number of allylic oxidation sites excluding steroid dienone is 5. The molecule has 0 amide bonds. The van der Waals surface area contributed by atoms with Gasteiger partial charge in [-0.25, -0.2) is 0 Å². The third kappa shape index (κ3) is 4.97. The Bertz CT molecular complexity index is 581. The molecule has 3 rings (SSSR count). The van der Waals surface area contributed by atoms with Gasteiger partial charge in [0, 0.05) is 0 Å². The Morgan fingerprint density at radius 2 is 1.89 bits per heavy atom. The topological polar surface area (TPSA) is 20.2 Å². The third-order valence-corrected chi connectivity index (χ3v) is 7.79. The summed E-state index contributed by atoms with van der Waals surface area (Å²) in [5, 5.41) is 9.94. The van der Waals surface area contributed by atoms with Gasteiger partial charge in [0.1, 0.15) is 0 Å². The summed E-state index contributed by atoms with van der Waals surface area (Å²) in [6.07, 6.45) is 21.9. The minimum absolute atomic E-state index is 0.102. The summed E-state index contributed by atoms with van der Waals surface area (Å²) < 4.78 is 0. The van der Waals surface area contributed by atoms with Crippen molar-refractivity contribution in [2.24, 2.45) is 29.1 Å². The molecule has 1 nitrogen and oxygen atoms in total. The molecule has 3 aliphatic rings. The molecule has 0 spiro atoms. The fraction of sp³-hybridized carbons (Fsp3) is 0.769. The Hall–Kier alpha value is -0.820. The summed E-state index contributed by atoms with van der Waals surface area (Å²) in [6.45, 7) is 9.66. The van der Waals surface area contributed by atoms with Crippen molar-refractivity contribution in [3.05, 3.63) is 35.5 Å². The molecule has 0 aromatic rings. The maximum Gasteiger partial charge on any atom is 0.0577 e. The number of hydrogen-bond donors (Lipinski definition) is 1. The quantitative estimate of drug-likeness (QED) is 0.506. The maximum atomic E-state index is 9.94. The van der Waals surface area contributed by atoms with Crippen LogP contribution in [0.1, 0.15) is 91.9 Å². The molecule has 0 aliphatic heterocycles. The Balaban J connectivity index is 1.70. The molecule has 0 aromatic heterocycles. The zero-order valence-electron chi connectivity index (χ0n) is 18.2. The number of fused-ring (bicyclic) bond motifs is 1. The van der Waals surface area contributed by atoms with Crippen LogP contribution in [0, 0.1) is 29.1 Å². The van der Waals surface area contributed by atoms with Gasteiger partial charge in [-0.05, 0) is 93.3 Å². The van der Waals surface area contributed by atoms with Crippen LogP contribution in [0.25, 0.3) is 0 Å². The van der Waals surface area contributed by atoms with Gasteiger partial charge >= 0.3 is 0 Å². The summed E-state index contributed by atoms with van der Waals surface area (Å²) in [4.78, 5) is 0. The number of aliphatic hydroxyl groups is 1. The molecule has 5 atom stereocenters. The van der Waals surface area contributed by atoms with Crippen LogP contribution in [0.5, 0.6) is 0 Å². The van der Waals surface area contributed by atoms with Crippen LogP contribution in [0.4, 0.5) is 0 Å². The lowest BCUT2D eigenvalue weighted by atomic mass is 9.61. The van der Waals surface area contributed by atoms with E-state index in [2.05, 4.69) is 52.0 Å². The van der Waals surface area contributed by atoms with E-state index in [0.717, 1.165) is 37.0 Å². The zero-order chi connectivity index (χ0) is 19.4. The van der Waals surface area contributed by atoms with Crippen molar-refractivity contribution in [2.75, 3.05) is 0 Å². The van der Waals surface area contributed by atoms with Crippen LogP contribution in [-0.4, -0.2) is 11.2 Å². The first-order chi connectivity index (χ1) is 12.9. The summed E-state index contributed by atoms with van der Waals surface area (Å²) in [5.41, 5.74) is 3.65. The molecule has 3 fully saturated rings. The highest BCUT2D eigenvalue weighted by molar-refractivity contribution is 5.26. The Kier molecular flexibility index (Phi) is 7.06. The van der Waals surface area contributed by atoms with Crippen molar-refractivity contribution in [1.29, 1.82) is 0 Å². The average Bonchev–Trinajstić information content (AvgIpc) is 2.97. The van der Waals surface area contributed by atoms with Gasteiger partial charge in [0.2, 0.25) is 0 Å².